The summed E-state index contributed by atoms with van der Waals surface area (Å²) in [6, 6.07) is 13.8. The average Bonchev–Trinajstić information content (AvgIpc) is 2.94. The molecule has 0 aromatic heterocycles. The molecule has 4 heteroatoms. The number of carboxylic acids is 1. The summed E-state index contributed by atoms with van der Waals surface area (Å²) in [5.74, 6) is 0.707. The molecule has 1 aliphatic rings. The van der Waals surface area contributed by atoms with E-state index >= 15 is 0 Å². The van der Waals surface area contributed by atoms with Crippen LogP contribution in [0.25, 0.3) is 11.1 Å². The predicted molar refractivity (Wildman–Crippen MR) is 78.7 cm³/mol. The number of hydrogen-bond acceptors (Lipinski definition) is 3. The van der Waals surface area contributed by atoms with Gasteiger partial charge in [0.15, 0.2) is 11.5 Å². The summed E-state index contributed by atoms with van der Waals surface area (Å²) in [7, 11) is 0. The van der Waals surface area contributed by atoms with Gasteiger partial charge < -0.3 is 14.6 Å². The molecule has 4 nitrogen and oxygen atoms in total. The molecule has 1 unspecified atom stereocenters. The van der Waals surface area contributed by atoms with E-state index in [-0.39, 0.29) is 19.1 Å². The first-order valence-electron chi connectivity index (χ1n) is 6.85. The highest BCUT2D eigenvalue weighted by Gasteiger charge is 2.15. The van der Waals surface area contributed by atoms with Gasteiger partial charge in [-0.15, -0.1) is 0 Å². The van der Waals surface area contributed by atoms with Crippen LogP contribution in [0, 0.1) is 0 Å². The Balaban J connectivity index is 1.90. The summed E-state index contributed by atoms with van der Waals surface area (Å²) < 4.78 is 10.7. The zero-order valence-electron chi connectivity index (χ0n) is 11.7. The number of fused-ring (bicyclic) bond motifs is 1. The summed E-state index contributed by atoms with van der Waals surface area (Å²) >= 11 is 0. The fraction of sp³-hybridized carbons (Fsp3) is 0.235. The molecule has 3 rings (SSSR count). The first-order valence-corrected chi connectivity index (χ1v) is 6.85. The Labute approximate surface area is 122 Å². The van der Waals surface area contributed by atoms with Gasteiger partial charge in [0.25, 0.3) is 0 Å². The first-order chi connectivity index (χ1) is 10.1. The highest BCUT2D eigenvalue weighted by Crippen LogP contribution is 2.36. The van der Waals surface area contributed by atoms with Crippen molar-refractivity contribution in [1.82, 2.24) is 0 Å². The minimum atomic E-state index is -0.781. The second-order valence-electron chi connectivity index (χ2n) is 5.19. The monoisotopic (exact) mass is 284 g/mol. The molecule has 1 N–H and O–H groups in total. The molecule has 1 atom stereocenters. The van der Waals surface area contributed by atoms with E-state index in [1.807, 2.05) is 49.4 Å². The predicted octanol–water partition coefficient (Wildman–Crippen LogP) is 3.66. The van der Waals surface area contributed by atoms with Crippen LogP contribution in [0.15, 0.2) is 42.5 Å². The Morgan fingerprint density at radius 1 is 1.14 bits per heavy atom. The molecule has 0 bridgehead atoms. The largest absolute Gasteiger partial charge is 0.481 e. The summed E-state index contributed by atoms with van der Waals surface area (Å²) in [5.41, 5.74) is 3.10. The summed E-state index contributed by atoms with van der Waals surface area (Å²) in [5, 5.41) is 8.91. The number of rotatable bonds is 4. The molecule has 0 saturated carbocycles. The van der Waals surface area contributed by atoms with Crippen LogP contribution < -0.4 is 9.47 Å². The zero-order valence-corrected chi connectivity index (χ0v) is 11.7. The Bertz CT molecular complexity index is 678. The lowest BCUT2D eigenvalue weighted by Crippen LogP contribution is -2.02. The summed E-state index contributed by atoms with van der Waals surface area (Å²) in [4.78, 5) is 10.8. The van der Waals surface area contributed by atoms with Gasteiger partial charge in [0.05, 0.1) is 6.42 Å². The van der Waals surface area contributed by atoms with Gasteiger partial charge in [-0.1, -0.05) is 37.3 Å². The van der Waals surface area contributed by atoms with Gasteiger partial charge in [-0.25, -0.2) is 0 Å². The molecule has 2 aromatic carbocycles. The van der Waals surface area contributed by atoms with E-state index in [0.717, 1.165) is 28.2 Å². The lowest BCUT2D eigenvalue weighted by Gasteiger charge is -2.11. The minimum absolute atomic E-state index is 0.0172. The summed E-state index contributed by atoms with van der Waals surface area (Å²) in [6.45, 7) is 2.18. The van der Waals surface area contributed by atoms with Crippen molar-refractivity contribution in [2.45, 2.75) is 19.3 Å². The van der Waals surface area contributed by atoms with Crippen molar-refractivity contribution < 1.29 is 19.4 Å². The molecule has 0 fully saturated rings. The van der Waals surface area contributed by atoms with Crippen molar-refractivity contribution >= 4 is 5.97 Å². The highest BCUT2D eigenvalue weighted by molar-refractivity contribution is 5.70. The molecule has 0 amide bonds. The molecule has 0 spiro atoms. The molecule has 0 radical (unpaired) electrons. The van der Waals surface area contributed by atoms with Gasteiger partial charge in [0, 0.05) is 0 Å². The van der Waals surface area contributed by atoms with Crippen molar-refractivity contribution in [3.05, 3.63) is 48.0 Å². The van der Waals surface area contributed by atoms with Crippen LogP contribution in [0.3, 0.4) is 0 Å². The van der Waals surface area contributed by atoms with Gasteiger partial charge in [-0.3, -0.25) is 4.79 Å². The van der Waals surface area contributed by atoms with Gasteiger partial charge in [0.2, 0.25) is 6.79 Å². The van der Waals surface area contributed by atoms with Crippen LogP contribution in [0.4, 0.5) is 0 Å². The standard InChI is InChI=1S/C17H16O4/c1-11(7-17(18)19)12-3-2-4-13(8-12)14-5-6-15-16(9-14)21-10-20-15/h2-6,8-9,11H,7,10H2,1H3,(H,18,19). The Morgan fingerprint density at radius 3 is 2.71 bits per heavy atom. The van der Waals surface area contributed by atoms with E-state index < -0.39 is 5.97 Å². The summed E-state index contributed by atoms with van der Waals surface area (Å²) in [6.07, 6.45) is 0.130. The lowest BCUT2D eigenvalue weighted by atomic mass is 9.94. The fourth-order valence-corrected chi connectivity index (χ4v) is 2.48. The van der Waals surface area contributed by atoms with Crippen LogP contribution >= 0.6 is 0 Å². The molecular weight excluding hydrogens is 268 g/mol. The normalized spacial score (nSPS) is 14.0. The average molecular weight is 284 g/mol. The van der Waals surface area contributed by atoms with Crippen molar-refractivity contribution in [2.75, 3.05) is 6.79 Å². The third-order valence-corrected chi connectivity index (χ3v) is 3.64. The van der Waals surface area contributed by atoms with Gasteiger partial charge >= 0.3 is 5.97 Å². The van der Waals surface area contributed by atoms with Crippen LogP contribution in [0.1, 0.15) is 24.8 Å². The smallest absolute Gasteiger partial charge is 0.303 e. The van der Waals surface area contributed by atoms with Crippen LogP contribution in [0.5, 0.6) is 11.5 Å². The SMILES string of the molecule is CC(CC(=O)O)c1cccc(-c2ccc3c(c2)OCO3)c1. The van der Waals surface area contributed by atoms with Crippen molar-refractivity contribution in [3.63, 3.8) is 0 Å². The molecule has 1 aliphatic heterocycles. The van der Waals surface area contributed by atoms with Crippen LogP contribution in [0.2, 0.25) is 0 Å². The van der Waals surface area contributed by atoms with Gasteiger partial charge in [-0.05, 0) is 34.7 Å². The number of carboxylic acid groups (broad SMARTS) is 1. The minimum Gasteiger partial charge on any atom is -0.481 e. The molecular formula is C17H16O4. The van der Waals surface area contributed by atoms with E-state index in [1.54, 1.807) is 0 Å². The number of aliphatic carboxylic acids is 1. The molecule has 0 aliphatic carbocycles. The van der Waals surface area contributed by atoms with Crippen molar-refractivity contribution in [1.29, 1.82) is 0 Å². The number of hydrogen-bond donors (Lipinski definition) is 1. The lowest BCUT2D eigenvalue weighted by molar-refractivity contribution is -0.137. The Hall–Kier alpha value is -2.49. The van der Waals surface area contributed by atoms with Crippen molar-refractivity contribution in [3.8, 4) is 22.6 Å². The molecule has 1 heterocycles. The Morgan fingerprint density at radius 2 is 1.90 bits per heavy atom. The molecule has 0 saturated heterocycles. The third-order valence-electron chi connectivity index (χ3n) is 3.64. The van der Waals surface area contributed by atoms with E-state index in [1.165, 1.54) is 0 Å². The second-order valence-corrected chi connectivity index (χ2v) is 5.19. The maximum absolute atomic E-state index is 10.8. The quantitative estimate of drug-likeness (QED) is 0.930. The zero-order chi connectivity index (χ0) is 14.8. The maximum atomic E-state index is 10.8. The molecule has 2 aromatic rings. The fourth-order valence-electron chi connectivity index (χ4n) is 2.48. The second kappa shape index (κ2) is 5.48. The van der Waals surface area contributed by atoms with E-state index in [9.17, 15) is 4.79 Å². The first kappa shape index (κ1) is 13.5. The van der Waals surface area contributed by atoms with Crippen LogP contribution in [-0.2, 0) is 4.79 Å². The van der Waals surface area contributed by atoms with E-state index in [2.05, 4.69) is 0 Å². The topological polar surface area (TPSA) is 55.8 Å². The maximum Gasteiger partial charge on any atom is 0.303 e. The van der Waals surface area contributed by atoms with E-state index in [4.69, 9.17) is 14.6 Å². The molecule has 108 valence electrons. The third kappa shape index (κ3) is 2.84. The highest BCUT2D eigenvalue weighted by atomic mass is 16.7. The van der Waals surface area contributed by atoms with Crippen LogP contribution in [-0.4, -0.2) is 17.9 Å². The number of benzene rings is 2. The number of ether oxygens (including phenoxy) is 2. The molecule has 21 heavy (non-hydrogen) atoms. The van der Waals surface area contributed by atoms with Gasteiger partial charge in [-0.2, -0.15) is 0 Å². The number of carbonyl (C=O) groups is 1. The van der Waals surface area contributed by atoms with E-state index in [0.29, 0.717) is 0 Å². The van der Waals surface area contributed by atoms with Crippen molar-refractivity contribution in [2.24, 2.45) is 0 Å². The van der Waals surface area contributed by atoms with Gasteiger partial charge in [0.1, 0.15) is 0 Å². The Kier molecular flexibility index (Phi) is 3.52.